The summed E-state index contributed by atoms with van der Waals surface area (Å²) >= 11 is 0. The molecule has 0 bridgehead atoms. The zero-order chi connectivity index (χ0) is 13.3. The first-order valence-electron chi connectivity index (χ1n) is 5.47. The average molecular weight is 246 g/mol. The lowest BCUT2D eigenvalue weighted by molar-refractivity contribution is 0.101. The van der Waals surface area contributed by atoms with E-state index >= 15 is 0 Å². The van der Waals surface area contributed by atoms with Crippen LogP contribution in [-0.4, -0.2) is 25.1 Å². The minimum absolute atomic E-state index is 0.0609. The van der Waals surface area contributed by atoms with Crippen molar-refractivity contribution < 1.29 is 19.4 Å². The second-order valence-corrected chi connectivity index (χ2v) is 3.92. The number of phenolic OH excluding ortho intramolecular Hbond substituents is 1. The highest BCUT2D eigenvalue weighted by Crippen LogP contribution is 2.41. The number of rotatable bonds is 3. The van der Waals surface area contributed by atoms with Crippen molar-refractivity contribution in [2.45, 2.75) is 6.92 Å². The molecule has 0 spiro atoms. The van der Waals surface area contributed by atoms with Crippen LogP contribution in [-0.2, 0) is 0 Å². The van der Waals surface area contributed by atoms with Gasteiger partial charge in [0.15, 0.2) is 5.78 Å². The zero-order valence-electron chi connectivity index (χ0n) is 10.5. The van der Waals surface area contributed by atoms with E-state index in [0.717, 1.165) is 0 Å². The number of phenols is 1. The minimum atomic E-state index is -0.143. The Kier molecular flexibility index (Phi) is 3.10. The largest absolute Gasteiger partial charge is 0.507 e. The molecule has 0 saturated heterocycles. The number of hydrogen-bond acceptors (Lipinski definition) is 4. The minimum Gasteiger partial charge on any atom is -0.507 e. The third kappa shape index (κ3) is 1.76. The molecule has 0 aliphatic carbocycles. The molecule has 0 unspecified atom stereocenters. The van der Waals surface area contributed by atoms with E-state index in [9.17, 15) is 9.90 Å². The quantitative estimate of drug-likeness (QED) is 0.846. The topological polar surface area (TPSA) is 55.8 Å². The lowest BCUT2D eigenvalue weighted by Gasteiger charge is -2.14. The smallest absolute Gasteiger partial charge is 0.163 e. The van der Waals surface area contributed by atoms with E-state index in [2.05, 4.69) is 0 Å². The summed E-state index contributed by atoms with van der Waals surface area (Å²) in [6, 6.07) is 6.70. The van der Waals surface area contributed by atoms with Gasteiger partial charge in [-0.25, -0.2) is 0 Å². The van der Waals surface area contributed by atoms with Gasteiger partial charge in [0.05, 0.1) is 25.2 Å². The Bertz CT molecular complexity index is 617. The third-order valence-electron chi connectivity index (χ3n) is 2.86. The van der Waals surface area contributed by atoms with Crippen molar-refractivity contribution in [3.05, 3.63) is 29.8 Å². The van der Waals surface area contributed by atoms with Crippen LogP contribution in [0, 0.1) is 0 Å². The molecule has 0 atom stereocenters. The fraction of sp³-hybridized carbons (Fsp3) is 0.214. The van der Waals surface area contributed by atoms with Crippen LogP contribution in [0.25, 0.3) is 10.8 Å². The summed E-state index contributed by atoms with van der Waals surface area (Å²) < 4.78 is 10.5. The molecule has 2 aromatic carbocycles. The highest BCUT2D eigenvalue weighted by atomic mass is 16.5. The summed E-state index contributed by atoms with van der Waals surface area (Å²) in [5.74, 6) is 0.823. The monoisotopic (exact) mass is 246 g/mol. The van der Waals surface area contributed by atoms with Crippen LogP contribution >= 0.6 is 0 Å². The molecule has 0 radical (unpaired) electrons. The van der Waals surface area contributed by atoms with E-state index in [0.29, 0.717) is 27.8 Å². The van der Waals surface area contributed by atoms with Crippen molar-refractivity contribution in [3.63, 3.8) is 0 Å². The lowest BCUT2D eigenvalue weighted by Crippen LogP contribution is -2.00. The van der Waals surface area contributed by atoms with Crippen LogP contribution in [0.2, 0.25) is 0 Å². The van der Waals surface area contributed by atoms with Gasteiger partial charge in [-0.05, 0) is 19.1 Å². The highest BCUT2D eigenvalue weighted by molar-refractivity contribution is 6.07. The molecule has 0 saturated carbocycles. The maximum atomic E-state index is 11.6. The molecule has 18 heavy (non-hydrogen) atoms. The Hall–Kier alpha value is -2.23. The summed E-state index contributed by atoms with van der Waals surface area (Å²) in [4.78, 5) is 11.6. The highest BCUT2D eigenvalue weighted by Gasteiger charge is 2.18. The molecule has 0 aliphatic rings. The zero-order valence-corrected chi connectivity index (χ0v) is 10.5. The predicted molar refractivity (Wildman–Crippen MR) is 68.7 cm³/mol. The van der Waals surface area contributed by atoms with Crippen LogP contribution in [0.5, 0.6) is 17.2 Å². The summed E-state index contributed by atoms with van der Waals surface area (Å²) in [7, 11) is 3.00. The SMILES string of the molecule is COc1cc(C(C)=O)c(OC)c2c(O)cccc12. The van der Waals surface area contributed by atoms with E-state index in [-0.39, 0.29) is 11.5 Å². The van der Waals surface area contributed by atoms with Crippen molar-refractivity contribution in [1.29, 1.82) is 0 Å². The van der Waals surface area contributed by atoms with Gasteiger partial charge in [0, 0.05) is 5.39 Å². The molecule has 4 nitrogen and oxygen atoms in total. The number of fused-ring (bicyclic) bond motifs is 1. The predicted octanol–water partition coefficient (Wildman–Crippen LogP) is 2.77. The van der Waals surface area contributed by atoms with Crippen molar-refractivity contribution in [2.75, 3.05) is 14.2 Å². The molecule has 2 aromatic rings. The van der Waals surface area contributed by atoms with E-state index in [1.54, 1.807) is 24.3 Å². The number of ketones is 1. The van der Waals surface area contributed by atoms with Gasteiger partial charge in [-0.2, -0.15) is 0 Å². The molecule has 94 valence electrons. The van der Waals surface area contributed by atoms with Gasteiger partial charge >= 0.3 is 0 Å². The van der Waals surface area contributed by atoms with E-state index in [1.165, 1.54) is 21.1 Å². The van der Waals surface area contributed by atoms with E-state index in [4.69, 9.17) is 9.47 Å². The van der Waals surface area contributed by atoms with Crippen molar-refractivity contribution in [3.8, 4) is 17.2 Å². The number of carbonyl (C=O) groups excluding carboxylic acids is 1. The maximum absolute atomic E-state index is 11.6. The van der Waals surface area contributed by atoms with Gasteiger partial charge in [-0.1, -0.05) is 12.1 Å². The van der Waals surface area contributed by atoms with Gasteiger partial charge in [-0.15, -0.1) is 0 Å². The van der Waals surface area contributed by atoms with Gasteiger partial charge < -0.3 is 14.6 Å². The molecule has 1 N–H and O–H groups in total. The number of methoxy groups -OCH3 is 2. The molecular weight excluding hydrogens is 232 g/mol. The summed E-state index contributed by atoms with van der Waals surface area (Å²) in [6.45, 7) is 1.45. The number of benzene rings is 2. The molecule has 2 rings (SSSR count). The van der Waals surface area contributed by atoms with Crippen LogP contribution in [0.1, 0.15) is 17.3 Å². The number of hydrogen-bond donors (Lipinski definition) is 1. The van der Waals surface area contributed by atoms with Crippen molar-refractivity contribution >= 4 is 16.6 Å². The number of ether oxygens (including phenoxy) is 2. The molecule has 4 heteroatoms. The molecule has 0 aromatic heterocycles. The standard InChI is InChI=1S/C14H14O4/c1-8(15)10-7-12(17-2)9-5-4-6-11(16)13(9)14(10)18-3/h4-7,16H,1-3H3. The van der Waals surface area contributed by atoms with Crippen molar-refractivity contribution in [2.24, 2.45) is 0 Å². The number of aromatic hydroxyl groups is 1. The third-order valence-corrected chi connectivity index (χ3v) is 2.86. The molecule has 0 aliphatic heterocycles. The van der Waals surface area contributed by atoms with E-state index in [1.807, 2.05) is 0 Å². The van der Waals surface area contributed by atoms with Crippen LogP contribution in [0.15, 0.2) is 24.3 Å². The first-order valence-corrected chi connectivity index (χ1v) is 5.47. The Morgan fingerprint density at radius 2 is 1.94 bits per heavy atom. The van der Waals surface area contributed by atoms with Crippen molar-refractivity contribution in [1.82, 2.24) is 0 Å². The van der Waals surface area contributed by atoms with Crippen LogP contribution < -0.4 is 9.47 Å². The Morgan fingerprint density at radius 1 is 1.22 bits per heavy atom. The first kappa shape index (κ1) is 12.2. The molecule has 0 heterocycles. The summed E-state index contributed by atoms with van der Waals surface area (Å²) in [5.41, 5.74) is 0.392. The Balaban J connectivity index is 2.97. The molecular formula is C14H14O4. The number of carbonyl (C=O) groups is 1. The van der Waals surface area contributed by atoms with E-state index < -0.39 is 0 Å². The van der Waals surface area contributed by atoms with Crippen LogP contribution in [0.4, 0.5) is 0 Å². The van der Waals surface area contributed by atoms with Gasteiger partial charge in [0.1, 0.15) is 17.2 Å². The Labute approximate surface area is 105 Å². The number of Topliss-reactive ketones (excluding diaryl/α,β-unsaturated/α-hetero) is 1. The molecule has 0 fully saturated rings. The fourth-order valence-corrected chi connectivity index (χ4v) is 2.04. The lowest BCUT2D eigenvalue weighted by atomic mass is 10.0. The van der Waals surface area contributed by atoms with Crippen LogP contribution in [0.3, 0.4) is 0 Å². The fourth-order valence-electron chi connectivity index (χ4n) is 2.04. The van der Waals surface area contributed by atoms with Gasteiger partial charge in [-0.3, -0.25) is 4.79 Å². The summed E-state index contributed by atoms with van der Waals surface area (Å²) in [6.07, 6.45) is 0. The Morgan fingerprint density at radius 3 is 2.50 bits per heavy atom. The maximum Gasteiger partial charge on any atom is 0.163 e. The van der Waals surface area contributed by atoms with Gasteiger partial charge in [0.2, 0.25) is 0 Å². The molecule has 0 amide bonds. The normalized spacial score (nSPS) is 10.4. The van der Waals surface area contributed by atoms with Gasteiger partial charge in [0.25, 0.3) is 0 Å². The average Bonchev–Trinajstić information content (AvgIpc) is 2.37. The summed E-state index contributed by atoms with van der Waals surface area (Å²) in [5, 5.41) is 11.2. The second kappa shape index (κ2) is 4.56. The second-order valence-electron chi connectivity index (χ2n) is 3.92. The first-order chi connectivity index (χ1) is 8.60.